The Morgan fingerprint density at radius 2 is 1.47 bits per heavy atom. The standard InChI is InChI=1S/C28H21N3O7/c1-2-21(26(32)29-18-10-7-16(8-11-18)27(33)34)38-28(35)17-9-12-19-20(15-17)31-25(23-6-4-14-37-23)24(30-19)22-5-3-13-36-22/h3-15,21H,2H2,1H3,(H,29,32)(H,33,34). The quantitative estimate of drug-likeness (QED) is 0.261. The molecule has 1 atom stereocenters. The van der Waals surface area contributed by atoms with Gasteiger partial charge in [0, 0.05) is 5.69 Å². The van der Waals surface area contributed by atoms with E-state index in [0.29, 0.717) is 39.6 Å². The van der Waals surface area contributed by atoms with Gasteiger partial charge in [-0.15, -0.1) is 0 Å². The van der Waals surface area contributed by atoms with Crippen LogP contribution in [-0.4, -0.2) is 39.0 Å². The number of carbonyl (C=O) groups excluding carboxylic acids is 2. The Morgan fingerprint density at radius 3 is 2.03 bits per heavy atom. The van der Waals surface area contributed by atoms with Crippen LogP contribution >= 0.6 is 0 Å². The van der Waals surface area contributed by atoms with Crippen molar-refractivity contribution in [3.63, 3.8) is 0 Å². The molecular weight excluding hydrogens is 490 g/mol. The van der Waals surface area contributed by atoms with E-state index in [2.05, 4.69) is 15.3 Å². The molecule has 2 N–H and O–H groups in total. The third kappa shape index (κ3) is 5.00. The largest absolute Gasteiger partial charge is 0.478 e. The molecule has 3 heterocycles. The molecular formula is C28H21N3O7. The van der Waals surface area contributed by atoms with Crippen LogP contribution in [0.3, 0.4) is 0 Å². The molecule has 0 aliphatic carbocycles. The van der Waals surface area contributed by atoms with Gasteiger partial charge in [0.2, 0.25) is 0 Å². The summed E-state index contributed by atoms with van der Waals surface area (Å²) in [4.78, 5) is 46.0. The Balaban J connectivity index is 1.38. The van der Waals surface area contributed by atoms with E-state index >= 15 is 0 Å². The number of nitrogens with one attached hydrogen (secondary N) is 1. The summed E-state index contributed by atoms with van der Waals surface area (Å²) in [5, 5.41) is 11.7. The van der Waals surface area contributed by atoms with Crippen molar-refractivity contribution >= 4 is 34.6 Å². The maximum absolute atomic E-state index is 13.0. The van der Waals surface area contributed by atoms with Gasteiger partial charge >= 0.3 is 11.9 Å². The molecule has 3 aromatic heterocycles. The highest BCUT2D eigenvalue weighted by Crippen LogP contribution is 2.31. The molecule has 0 spiro atoms. The number of carboxylic acid groups (broad SMARTS) is 1. The Morgan fingerprint density at radius 1 is 0.868 bits per heavy atom. The number of hydrogen-bond acceptors (Lipinski definition) is 8. The number of benzene rings is 2. The van der Waals surface area contributed by atoms with Crippen LogP contribution in [0.1, 0.15) is 34.1 Å². The van der Waals surface area contributed by atoms with Crippen LogP contribution < -0.4 is 5.32 Å². The van der Waals surface area contributed by atoms with Crippen molar-refractivity contribution in [1.29, 1.82) is 0 Å². The van der Waals surface area contributed by atoms with Gasteiger partial charge in [0.1, 0.15) is 11.4 Å². The number of aromatic nitrogens is 2. The number of carbonyl (C=O) groups is 3. The smallest absolute Gasteiger partial charge is 0.338 e. The van der Waals surface area contributed by atoms with E-state index in [1.165, 1.54) is 42.9 Å². The summed E-state index contributed by atoms with van der Waals surface area (Å²) >= 11 is 0. The van der Waals surface area contributed by atoms with E-state index < -0.39 is 23.9 Å². The van der Waals surface area contributed by atoms with Crippen molar-refractivity contribution < 1.29 is 33.1 Å². The number of aromatic carboxylic acids is 1. The molecule has 0 saturated heterocycles. The first-order valence-corrected chi connectivity index (χ1v) is 11.7. The van der Waals surface area contributed by atoms with E-state index in [9.17, 15) is 14.4 Å². The second-order valence-electron chi connectivity index (χ2n) is 8.25. The summed E-state index contributed by atoms with van der Waals surface area (Å²) in [6.07, 6.45) is 2.23. The van der Waals surface area contributed by atoms with E-state index in [-0.39, 0.29) is 17.5 Å². The van der Waals surface area contributed by atoms with Gasteiger partial charge in [-0.25, -0.2) is 19.6 Å². The lowest BCUT2D eigenvalue weighted by molar-refractivity contribution is -0.124. The normalized spacial score (nSPS) is 11.7. The minimum Gasteiger partial charge on any atom is -0.478 e. The van der Waals surface area contributed by atoms with Crippen LogP contribution in [0, 0.1) is 0 Å². The first-order valence-electron chi connectivity index (χ1n) is 11.7. The molecule has 5 rings (SSSR count). The molecule has 0 aliphatic rings. The minimum absolute atomic E-state index is 0.0901. The van der Waals surface area contributed by atoms with Gasteiger partial charge in [-0.3, -0.25) is 4.79 Å². The highest BCUT2D eigenvalue weighted by atomic mass is 16.5. The Bertz CT molecular complexity index is 1610. The molecule has 10 heteroatoms. The van der Waals surface area contributed by atoms with Crippen molar-refractivity contribution in [3.05, 3.63) is 90.4 Å². The summed E-state index contributed by atoms with van der Waals surface area (Å²) in [7, 11) is 0. The predicted molar refractivity (Wildman–Crippen MR) is 136 cm³/mol. The number of furan rings is 2. The molecule has 0 saturated carbocycles. The molecule has 0 radical (unpaired) electrons. The average Bonchev–Trinajstić information content (AvgIpc) is 3.66. The van der Waals surface area contributed by atoms with Crippen LogP contribution in [0.15, 0.2) is 88.1 Å². The van der Waals surface area contributed by atoms with Crippen LogP contribution in [0.4, 0.5) is 5.69 Å². The topological polar surface area (TPSA) is 145 Å². The second-order valence-corrected chi connectivity index (χ2v) is 8.25. The summed E-state index contributed by atoms with van der Waals surface area (Å²) in [5.74, 6) is -1.31. The molecule has 10 nitrogen and oxygen atoms in total. The van der Waals surface area contributed by atoms with Gasteiger partial charge in [0.15, 0.2) is 17.6 Å². The minimum atomic E-state index is -1.07. The van der Waals surface area contributed by atoms with E-state index in [1.807, 2.05) is 0 Å². The lowest BCUT2D eigenvalue weighted by Gasteiger charge is -2.16. The van der Waals surface area contributed by atoms with Crippen molar-refractivity contribution in [1.82, 2.24) is 9.97 Å². The molecule has 0 bridgehead atoms. The predicted octanol–water partition coefficient (Wildman–Crippen LogP) is 5.42. The zero-order chi connectivity index (χ0) is 26.6. The van der Waals surface area contributed by atoms with Gasteiger partial charge in [-0.1, -0.05) is 6.92 Å². The Kier molecular flexibility index (Phi) is 6.68. The maximum atomic E-state index is 13.0. The summed E-state index contributed by atoms with van der Waals surface area (Å²) in [5.41, 5.74) is 2.56. The van der Waals surface area contributed by atoms with Gasteiger partial charge < -0.3 is 24.0 Å². The number of rotatable bonds is 8. The van der Waals surface area contributed by atoms with E-state index in [1.54, 1.807) is 43.3 Å². The van der Waals surface area contributed by atoms with Crippen molar-refractivity contribution in [2.24, 2.45) is 0 Å². The van der Waals surface area contributed by atoms with Crippen molar-refractivity contribution in [3.8, 4) is 22.9 Å². The molecule has 1 amide bonds. The lowest BCUT2D eigenvalue weighted by Crippen LogP contribution is -2.32. The molecule has 0 fully saturated rings. The fourth-order valence-corrected chi connectivity index (χ4v) is 3.79. The zero-order valence-corrected chi connectivity index (χ0v) is 20.1. The molecule has 2 aromatic carbocycles. The monoisotopic (exact) mass is 511 g/mol. The average molecular weight is 511 g/mol. The van der Waals surface area contributed by atoms with Gasteiger partial charge in [0.05, 0.1) is 34.7 Å². The highest BCUT2D eigenvalue weighted by molar-refractivity contribution is 5.99. The third-order valence-corrected chi connectivity index (χ3v) is 5.72. The molecule has 38 heavy (non-hydrogen) atoms. The first kappa shape index (κ1) is 24.4. The number of hydrogen-bond donors (Lipinski definition) is 2. The number of anilines is 1. The molecule has 0 aliphatic heterocycles. The third-order valence-electron chi connectivity index (χ3n) is 5.72. The van der Waals surface area contributed by atoms with Crippen LogP contribution in [0.2, 0.25) is 0 Å². The summed E-state index contributed by atoms with van der Waals surface area (Å²) in [6, 6.07) is 17.4. The van der Waals surface area contributed by atoms with Crippen LogP contribution in [0.5, 0.6) is 0 Å². The van der Waals surface area contributed by atoms with Crippen molar-refractivity contribution in [2.75, 3.05) is 5.32 Å². The molecule has 190 valence electrons. The van der Waals surface area contributed by atoms with Gasteiger partial charge in [0.25, 0.3) is 5.91 Å². The Hall–Kier alpha value is -5.25. The van der Waals surface area contributed by atoms with Crippen LogP contribution in [0.25, 0.3) is 33.9 Å². The van der Waals surface area contributed by atoms with E-state index in [4.69, 9.17) is 18.7 Å². The number of carboxylic acids is 1. The lowest BCUT2D eigenvalue weighted by atomic mass is 10.1. The fraction of sp³-hybridized carbons (Fsp3) is 0.107. The summed E-state index contributed by atoms with van der Waals surface area (Å²) < 4.78 is 16.5. The number of esters is 1. The number of fused-ring (bicyclic) bond motifs is 1. The van der Waals surface area contributed by atoms with Crippen molar-refractivity contribution in [2.45, 2.75) is 19.4 Å². The summed E-state index contributed by atoms with van der Waals surface area (Å²) in [6.45, 7) is 1.71. The SMILES string of the molecule is CCC(OC(=O)c1ccc2nc(-c3ccco3)c(-c3ccco3)nc2c1)C(=O)Nc1ccc(C(=O)O)cc1. The highest BCUT2D eigenvalue weighted by Gasteiger charge is 2.23. The molecule has 1 unspecified atom stereocenters. The van der Waals surface area contributed by atoms with Crippen LogP contribution in [-0.2, 0) is 9.53 Å². The Labute approximate surface area is 215 Å². The van der Waals surface area contributed by atoms with E-state index in [0.717, 1.165) is 0 Å². The fourth-order valence-electron chi connectivity index (χ4n) is 3.79. The first-order chi connectivity index (χ1) is 18.4. The number of amides is 1. The molecule has 5 aromatic rings. The number of ether oxygens (including phenoxy) is 1. The zero-order valence-electron chi connectivity index (χ0n) is 20.1. The maximum Gasteiger partial charge on any atom is 0.338 e. The van der Waals surface area contributed by atoms with Gasteiger partial charge in [-0.05, 0) is 73.2 Å². The number of nitrogens with zero attached hydrogens (tertiary/aromatic N) is 2. The second kappa shape index (κ2) is 10.4. The van der Waals surface area contributed by atoms with Gasteiger partial charge in [-0.2, -0.15) is 0 Å².